The summed E-state index contributed by atoms with van der Waals surface area (Å²) in [4.78, 5) is 0. The molecule has 98 valence electrons. The number of ether oxygens (including phenoxy) is 3. The molecule has 0 radical (unpaired) electrons. The number of nitrogens with zero attached hydrogens (tertiary/aromatic N) is 2. The van der Waals surface area contributed by atoms with Crippen molar-refractivity contribution in [3.8, 4) is 34.6 Å². The van der Waals surface area contributed by atoms with E-state index in [1.807, 2.05) is 6.07 Å². The summed E-state index contributed by atoms with van der Waals surface area (Å²) in [5.41, 5.74) is 1.64. The monoisotopic (exact) mass is 259 g/mol. The molecule has 0 spiro atoms. The molecule has 0 aliphatic carbocycles. The van der Waals surface area contributed by atoms with Gasteiger partial charge in [0, 0.05) is 18.2 Å². The van der Waals surface area contributed by atoms with Crippen molar-refractivity contribution >= 4 is 0 Å². The Labute approximate surface area is 110 Å². The van der Waals surface area contributed by atoms with Crippen molar-refractivity contribution < 1.29 is 14.2 Å². The topological polar surface area (TPSA) is 80.2 Å². The van der Waals surface area contributed by atoms with E-state index in [2.05, 4.69) is 10.2 Å². The van der Waals surface area contributed by atoms with Gasteiger partial charge in [0.15, 0.2) is 5.69 Å². The van der Waals surface area contributed by atoms with E-state index in [0.717, 1.165) is 0 Å². The van der Waals surface area contributed by atoms with Crippen LogP contribution in [0.25, 0.3) is 11.3 Å². The van der Waals surface area contributed by atoms with Gasteiger partial charge in [0.25, 0.3) is 0 Å². The van der Waals surface area contributed by atoms with Gasteiger partial charge < -0.3 is 14.2 Å². The number of hydrogen-bond acceptors (Lipinski definition) is 5. The van der Waals surface area contributed by atoms with Gasteiger partial charge in [0.1, 0.15) is 23.3 Å². The lowest BCUT2D eigenvalue weighted by Crippen LogP contribution is -1.95. The Morgan fingerprint density at radius 3 is 2.11 bits per heavy atom. The number of aromatic nitrogens is 2. The van der Waals surface area contributed by atoms with Crippen LogP contribution in [0.5, 0.6) is 17.2 Å². The number of nitriles is 1. The van der Waals surface area contributed by atoms with Crippen LogP contribution in [0.3, 0.4) is 0 Å². The largest absolute Gasteiger partial charge is 0.496 e. The zero-order valence-electron chi connectivity index (χ0n) is 10.9. The second-order valence-electron chi connectivity index (χ2n) is 3.69. The van der Waals surface area contributed by atoms with Gasteiger partial charge in [-0.15, -0.1) is 0 Å². The van der Waals surface area contributed by atoms with Crippen LogP contribution in [0.2, 0.25) is 0 Å². The molecule has 0 amide bonds. The normalized spacial score (nSPS) is 9.79. The molecule has 1 aromatic carbocycles. The molecular formula is C13H13N3O3. The zero-order valence-corrected chi connectivity index (χ0v) is 10.9. The molecule has 0 aliphatic heterocycles. The number of rotatable bonds is 4. The summed E-state index contributed by atoms with van der Waals surface area (Å²) in [7, 11) is 4.68. The smallest absolute Gasteiger partial charge is 0.162 e. The van der Waals surface area contributed by atoms with Gasteiger partial charge >= 0.3 is 0 Å². The van der Waals surface area contributed by atoms with Crippen LogP contribution in [0, 0.1) is 11.3 Å². The minimum atomic E-state index is 0.301. The van der Waals surface area contributed by atoms with Crippen LogP contribution in [0.1, 0.15) is 5.69 Å². The third-order valence-electron chi connectivity index (χ3n) is 2.68. The molecule has 0 saturated carbocycles. The van der Waals surface area contributed by atoms with Crippen molar-refractivity contribution in [1.82, 2.24) is 10.2 Å². The standard InChI is InChI=1S/C13H13N3O3/c1-17-9-5-11(18-2)13(12(6-9)19-3)10-4-8(7-14)15-16-10/h4-6H,1-3H3,(H,15,16). The minimum Gasteiger partial charge on any atom is -0.496 e. The molecule has 0 aliphatic rings. The van der Waals surface area contributed by atoms with Crippen LogP contribution < -0.4 is 14.2 Å². The van der Waals surface area contributed by atoms with E-state index in [4.69, 9.17) is 19.5 Å². The maximum Gasteiger partial charge on any atom is 0.162 e. The lowest BCUT2D eigenvalue weighted by Gasteiger charge is -2.13. The minimum absolute atomic E-state index is 0.301. The molecule has 1 heterocycles. The number of aromatic amines is 1. The van der Waals surface area contributed by atoms with Gasteiger partial charge in [-0.1, -0.05) is 0 Å². The van der Waals surface area contributed by atoms with Crippen LogP contribution >= 0.6 is 0 Å². The average molecular weight is 259 g/mol. The first kappa shape index (κ1) is 12.8. The van der Waals surface area contributed by atoms with Crippen LogP contribution in [0.4, 0.5) is 0 Å². The second-order valence-corrected chi connectivity index (χ2v) is 3.69. The van der Waals surface area contributed by atoms with Crippen molar-refractivity contribution in [2.75, 3.05) is 21.3 Å². The molecule has 19 heavy (non-hydrogen) atoms. The molecule has 1 N–H and O–H groups in total. The van der Waals surface area contributed by atoms with Crippen molar-refractivity contribution in [3.63, 3.8) is 0 Å². The Morgan fingerprint density at radius 2 is 1.68 bits per heavy atom. The second kappa shape index (κ2) is 5.31. The lowest BCUT2D eigenvalue weighted by molar-refractivity contribution is 0.377. The SMILES string of the molecule is COc1cc(OC)c(-c2cc(C#N)n[nH]2)c(OC)c1. The van der Waals surface area contributed by atoms with E-state index >= 15 is 0 Å². The fourth-order valence-corrected chi connectivity index (χ4v) is 1.78. The summed E-state index contributed by atoms with van der Waals surface area (Å²) in [6.45, 7) is 0. The first-order valence-corrected chi connectivity index (χ1v) is 5.49. The molecule has 0 fully saturated rings. The maximum absolute atomic E-state index is 8.82. The molecule has 6 heteroatoms. The van der Waals surface area contributed by atoms with Crippen molar-refractivity contribution in [1.29, 1.82) is 5.26 Å². The van der Waals surface area contributed by atoms with E-state index in [1.54, 1.807) is 39.5 Å². The zero-order chi connectivity index (χ0) is 13.8. The Kier molecular flexibility index (Phi) is 3.57. The van der Waals surface area contributed by atoms with Gasteiger partial charge in [0.05, 0.1) is 32.6 Å². The van der Waals surface area contributed by atoms with E-state index in [9.17, 15) is 0 Å². The fourth-order valence-electron chi connectivity index (χ4n) is 1.78. The highest BCUT2D eigenvalue weighted by Gasteiger charge is 2.17. The Hall–Kier alpha value is -2.68. The summed E-state index contributed by atoms with van der Waals surface area (Å²) < 4.78 is 15.9. The maximum atomic E-state index is 8.82. The molecule has 0 unspecified atom stereocenters. The molecular weight excluding hydrogens is 246 g/mol. The lowest BCUT2D eigenvalue weighted by atomic mass is 10.1. The Morgan fingerprint density at radius 1 is 1.05 bits per heavy atom. The molecule has 2 rings (SSSR count). The molecule has 6 nitrogen and oxygen atoms in total. The highest BCUT2D eigenvalue weighted by Crippen LogP contribution is 2.40. The predicted octanol–water partition coefficient (Wildman–Crippen LogP) is 1.97. The highest BCUT2D eigenvalue weighted by atomic mass is 16.5. The van der Waals surface area contributed by atoms with Crippen molar-refractivity contribution in [2.24, 2.45) is 0 Å². The first-order chi connectivity index (χ1) is 9.23. The van der Waals surface area contributed by atoms with Crippen molar-refractivity contribution in [2.45, 2.75) is 0 Å². The summed E-state index contributed by atoms with van der Waals surface area (Å²) >= 11 is 0. The van der Waals surface area contributed by atoms with E-state index in [1.165, 1.54) is 0 Å². The van der Waals surface area contributed by atoms with E-state index < -0.39 is 0 Å². The number of nitrogens with one attached hydrogen (secondary N) is 1. The summed E-state index contributed by atoms with van der Waals surface area (Å²) in [6.07, 6.45) is 0. The van der Waals surface area contributed by atoms with E-state index in [0.29, 0.717) is 34.2 Å². The van der Waals surface area contributed by atoms with Gasteiger partial charge in [-0.2, -0.15) is 10.4 Å². The summed E-state index contributed by atoms with van der Waals surface area (Å²) in [5, 5.41) is 15.5. The quantitative estimate of drug-likeness (QED) is 0.908. The van der Waals surface area contributed by atoms with Crippen LogP contribution in [0.15, 0.2) is 18.2 Å². The predicted molar refractivity (Wildman–Crippen MR) is 68.4 cm³/mol. The third-order valence-corrected chi connectivity index (χ3v) is 2.68. The Bertz CT molecular complexity index is 603. The summed E-state index contributed by atoms with van der Waals surface area (Å²) in [5.74, 6) is 1.77. The molecule has 2 aromatic rings. The molecule has 1 aromatic heterocycles. The number of hydrogen-bond donors (Lipinski definition) is 1. The molecule has 0 atom stereocenters. The number of benzene rings is 1. The fraction of sp³-hybridized carbons (Fsp3) is 0.231. The van der Waals surface area contributed by atoms with Gasteiger partial charge in [-0.05, 0) is 0 Å². The van der Waals surface area contributed by atoms with Crippen LogP contribution in [-0.4, -0.2) is 31.5 Å². The molecule has 0 saturated heterocycles. The average Bonchev–Trinajstić information content (AvgIpc) is 2.94. The Balaban J connectivity index is 2.63. The highest BCUT2D eigenvalue weighted by molar-refractivity contribution is 5.76. The number of H-pyrrole nitrogens is 1. The van der Waals surface area contributed by atoms with Crippen LogP contribution in [-0.2, 0) is 0 Å². The molecule has 0 bridgehead atoms. The first-order valence-electron chi connectivity index (χ1n) is 5.49. The van der Waals surface area contributed by atoms with Gasteiger partial charge in [-0.3, -0.25) is 5.10 Å². The summed E-state index contributed by atoms with van der Waals surface area (Å²) in [6, 6.07) is 7.08. The third kappa shape index (κ3) is 2.31. The van der Waals surface area contributed by atoms with E-state index in [-0.39, 0.29) is 0 Å². The van der Waals surface area contributed by atoms with Crippen molar-refractivity contribution in [3.05, 3.63) is 23.9 Å². The van der Waals surface area contributed by atoms with Gasteiger partial charge in [-0.25, -0.2) is 0 Å². The number of methoxy groups -OCH3 is 3. The van der Waals surface area contributed by atoms with Gasteiger partial charge in [0.2, 0.25) is 0 Å².